The number of ether oxygens (including phenoxy) is 1. The van der Waals surface area contributed by atoms with Crippen LogP contribution in [0.4, 0.5) is 4.79 Å². The van der Waals surface area contributed by atoms with Gasteiger partial charge in [0.05, 0.1) is 31.8 Å². The van der Waals surface area contributed by atoms with Gasteiger partial charge in [0.25, 0.3) is 5.91 Å². The van der Waals surface area contributed by atoms with Gasteiger partial charge in [0, 0.05) is 19.6 Å². The van der Waals surface area contributed by atoms with Crippen molar-refractivity contribution < 1.29 is 14.3 Å². The zero-order valence-corrected chi connectivity index (χ0v) is 12.5. The summed E-state index contributed by atoms with van der Waals surface area (Å²) in [4.78, 5) is 35.3. The lowest BCUT2D eigenvalue weighted by Crippen LogP contribution is -2.57. The summed E-state index contributed by atoms with van der Waals surface area (Å²) in [6, 6.07) is -0.364. The maximum absolute atomic E-state index is 12.8. The van der Waals surface area contributed by atoms with Crippen molar-refractivity contribution in [2.24, 2.45) is 0 Å². The molecule has 0 aromatic carbocycles. The Kier molecular flexibility index (Phi) is 4.69. The van der Waals surface area contributed by atoms with Crippen molar-refractivity contribution in [3.63, 3.8) is 0 Å². The summed E-state index contributed by atoms with van der Waals surface area (Å²) >= 11 is 0. The second-order valence-electron chi connectivity index (χ2n) is 5.52. The maximum Gasteiger partial charge on any atom is 0.327 e. The van der Waals surface area contributed by atoms with Gasteiger partial charge in [-0.3, -0.25) is 9.69 Å². The molecule has 1 unspecified atom stereocenters. The molecule has 2 N–H and O–H groups in total. The molecular formula is C14H21N5O3. The van der Waals surface area contributed by atoms with E-state index in [1.807, 2.05) is 0 Å². The highest BCUT2D eigenvalue weighted by molar-refractivity contribution is 6.03. The van der Waals surface area contributed by atoms with Crippen molar-refractivity contribution in [1.82, 2.24) is 25.1 Å². The lowest BCUT2D eigenvalue weighted by molar-refractivity contribution is 0.0346. The van der Waals surface area contributed by atoms with Gasteiger partial charge in [0.2, 0.25) is 0 Å². The quantitative estimate of drug-likeness (QED) is 0.806. The number of amides is 3. The fourth-order valence-corrected chi connectivity index (χ4v) is 2.87. The summed E-state index contributed by atoms with van der Waals surface area (Å²) in [5.41, 5.74) is 0.340. The van der Waals surface area contributed by atoms with Gasteiger partial charge in [-0.05, 0) is 19.4 Å². The fraction of sp³-hybridized carbons (Fsp3) is 0.643. The van der Waals surface area contributed by atoms with E-state index in [4.69, 9.17) is 4.74 Å². The molecule has 0 bridgehead atoms. The van der Waals surface area contributed by atoms with Gasteiger partial charge in [-0.1, -0.05) is 0 Å². The number of imidazole rings is 1. The van der Waals surface area contributed by atoms with E-state index in [-0.39, 0.29) is 18.0 Å². The topological polar surface area (TPSA) is 90.6 Å². The Morgan fingerprint density at radius 2 is 2.18 bits per heavy atom. The number of nitrogens with one attached hydrogen (secondary N) is 2. The third-order valence-corrected chi connectivity index (χ3v) is 4.07. The number of carbonyl (C=O) groups excluding carboxylic acids is 2. The minimum atomic E-state index is -0.317. The molecule has 3 rings (SSSR count). The number of rotatable bonds is 2. The Balaban J connectivity index is 1.81. The van der Waals surface area contributed by atoms with E-state index in [1.54, 1.807) is 4.90 Å². The molecule has 0 saturated carbocycles. The van der Waals surface area contributed by atoms with Crippen molar-refractivity contribution in [3.8, 4) is 0 Å². The van der Waals surface area contributed by atoms with Crippen LogP contribution in [0, 0.1) is 0 Å². The number of H-pyrrole nitrogens is 1. The highest BCUT2D eigenvalue weighted by Gasteiger charge is 2.35. The van der Waals surface area contributed by atoms with Gasteiger partial charge in [-0.25, -0.2) is 9.78 Å². The van der Waals surface area contributed by atoms with Crippen LogP contribution in [0.3, 0.4) is 0 Å². The number of carbonyl (C=O) groups is 2. The van der Waals surface area contributed by atoms with E-state index in [2.05, 4.69) is 15.3 Å². The number of urea groups is 1. The molecule has 2 fully saturated rings. The van der Waals surface area contributed by atoms with Crippen molar-refractivity contribution in [1.29, 1.82) is 0 Å². The smallest absolute Gasteiger partial charge is 0.327 e. The van der Waals surface area contributed by atoms with Gasteiger partial charge in [0.1, 0.15) is 5.69 Å². The van der Waals surface area contributed by atoms with Crippen LogP contribution >= 0.6 is 0 Å². The summed E-state index contributed by atoms with van der Waals surface area (Å²) in [6.45, 7) is 3.63. The predicted molar refractivity (Wildman–Crippen MR) is 78.4 cm³/mol. The van der Waals surface area contributed by atoms with E-state index >= 15 is 0 Å². The number of imide groups is 1. The van der Waals surface area contributed by atoms with Crippen molar-refractivity contribution in [2.75, 3.05) is 39.4 Å². The summed E-state index contributed by atoms with van der Waals surface area (Å²) < 4.78 is 5.28. The molecule has 1 atom stereocenters. The van der Waals surface area contributed by atoms with E-state index in [1.165, 1.54) is 17.4 Å². The molecule has 3 amide bonds. The molecule has 1 aromatic heterocycles. The zero-order chi connectivity index (χ0) is 15.4. The van der Waals surface area contributed by atoms with Crippen molar-refractivity contribution in [3.05, 3.63) is 18.2 Å². The van der Waals surface area contributed by atoms with Crippen LogP contribution in [0.25, 0.3) is 0 Å². The number of aromatic amines is 1. The highest BCUT2D eigenvalue weighted by atomic mass is 16.5. The largest absolute Gasteiger partial charge is 0.378 e. The Morgan fingerprint density at radius 3 is 2.82 bits per heavy atom. The first-order valence-corrected chi connectivity index (χ1v) is 7.66. The molecule has 8 nitrogen and oxygen atoms in total. The number of hydrogen-bond donors (Lipinski definition) is 2. The first-order valence-electron chi connectivity index (χ1n) is 7.66. The third kappa shape index (κ3) is 3.12. The van der Waals surface area contributed by atoms with Crippen LogP contribution in [-0.2, 0) is 4.74 Å². The van der Waals surface area contributed by atoms with E-state index < -0.39 is 0 Å². The predicted octanol–water partition coefficient (Wildman–Crippen LogP) is 0.0561. The Bertz CT molecular complexity index is 507. The molecule has 2 aliphatic rings. The monoisotopic (exact) mass is 307 g/mol. The van der Waals surface area contributed by atoms with Crippen LogP contribution in [0.2, 0.25) is 0 Å². The molecular weight excluding hydrogens is 286 g/mol. The first kappa shape index (κ1) is 15.0. The van der Waals surface area contributed by atoms with Crippen molar-refractivity contribution in [2.45, 2.75) is 18.9 Å². The standard InChI is InChI=1S/C14H21N5O3/c20-13(12-9-16-10-17-12)19(11-2-1-3-15-8-11)14(21)18-4-6-22-7-5-18/h9-11,15H,1-8H2,(H,16,17). The molecule has 2 saturated heterocycles. The molecule has 0 radical (unpaired) electrons. The second kappa shape index (κ2) is 6.89. The van der Waals surface area contributed by atoms with Gasteiger partial charge in [-0.2, -0.15) is 0 Å². The number of aromatic nitrogens is 2. The van der Waals surface area contributed by atoms with Crippen LogP contribution in [0.1, 0.15) is 23.3 Å². The highest BCUT2D eigenvalue weighted by Crippen LogP contribution is 2.17. The molecule has 8 heteroatoms. The molecule has 3 heterocycles. The maximum atomic E-state index is 12.8. The fourth-order valence-electron chi connectivity index (χ4n) is 2.87. The van der Waals surface area contributed by atoms with Gasteiger partial charge in [0.15, 0.2) is 0 Å². The second-order valence-corrected chi connectivity index (χ2v) is 5.52. The van der Waals surface area contributed by atoms with Crippen LogP contribution in [-0.4, -0.2) is 77.1 Å². The summed E-state index contributed by atoms with van der Waals surface area (Å²) in [5.74, 6) is -0.317. The molecule has 2 aliphatic heterocycles. The lowest BCUT2D eigenvalue weighted by Gasteiger charge is -2.37. The summed E-state index contributed by atoms with van der Waals surface area (Å²) in [5, 5.41) is 3.26. The minimum Gasteiger partial charge on any atom is -0.378 e. The lowest BCUT2D eigenvalue weighted by atomic mass is 10.1. The third-order valence-electron chi connectivity index (χ3n) is 4.07. The Labute approximate surface area is 128 Å². The number of piperidine rings is 1. The molecule has 1 aromatic rings. The average Bonchev–Trinajstić information content (AvgIpc) is 3.11. The molecule has 120 valence electrons. The number of morpholine rings is 1. The van der Waals surface area contributed by atoms with Crippen molar-refractivity contribution >= 4 is 11.9 Å². The van der Waals surface area contributed by atoms with Gasteiger partial charge >= 0.3 is 6.03 Å². The van der Waals surface area contributed by atoms with E-state index in [0.29, 0.717) is 38.5 Å². The SMILES string of the molecule is O=C(c1cnc[nH]1)N(C(=O)N1CCOCC1)C1CCCNC1. The molecule has 0 spiro atoms. The normalized spacial score (nSPS) is 22.4. The van der Waals surface area contributed by atoms with Crippen LogP contribution < -0.4 is 5.32 Å². The Hall–Kier alpha value is -1.93. The number of hydrogen-bond acceptors (Lipinski definition) is 5. The van der Waals surface area contributed by atoms with E-state index in [9.17, 15) is 9.59 Å². The van der Waals surface area contributed by atoms with Gasteiger partial charge in [-0.15, -0.1) is 0 Å². The zero-order valence-electron chi connectivity index (χ0n) is 12.5. The van der Waals surface area contributed by atoms with Crippen LogP contribution in [0.15, 0.2) is 12.5 Å². The summed E-state index contributed by atoms with van der Waals surface area (Å²) in [7, 11) is 0. The molecule has 22 heavy (non-hydrogen) atoms. The average molecular weight is 307 g/mol. The number of nitrogens with zero attached hydrogens (tertiary/aromatic N) is 3. The summed E-state index contributed by atoms with van der Waals surface area (Å²) in [6.07, 6.45) is 4.68. The van der Waals surface area contributed by atoms with Gasteiger partial charge < -0.3 is 19.9 Å². The van der Waals surface area contributed by atoms with E-state index in [0.717, 1.165) is 19.4 Å². The van der Waals surface area contributed by atoms with Crippen LogP contribution in [0.5, 0.6) is 0 Å². The minimum absolute atomic E-state index is 0.125. The molecule has 0 aliphatic carbocycles. The Morgan fingerprint density at radius 1 is 1.36 bits per heavy atom. The first-order chi connectivity index (χ1) is 10.8.